The molecule has 262 valence electrons. The van der Waals surface area contributed by atoms with Crippen molar-refractivity contribution >= 4 is 40.3 Å². The Balaban J connectivity index is 1.49. The first-order chi connectivity index (χ1) is 23.0. The number of anilines is 1. The van der Waals surface area contributed by atoms with Gasteiger partial charge in [-0.05, 0) is 80.6 Å². The molecule has 1 fully saturated rings. The predicted octanol–water partition coefficient (Wildman–Crippen LogP) is 6.03. The molecule has 10 nitrogen and oxygen atoms in total. The Bertz CT molecular complexity index is 1510. The number of likely N-dealkylation sites (tertiary alicyclic amines) is 1. The van der Waals surface area contributed by atoms with Crippen LogP contribution in [0.1, 0.15) is 64.0 Å². The Morgan fingerprint density at radius 2 is 1.94 bits per heavy atom. The lowest BCUT2D eigenvalue weighted by Gasteiger charge is -2.38. The van der Waals surface area contributed by atoms with Gasteiger partial charge in [0.2, 0.25) is 0 Å². The molecule has 3 aliphatic heterocycles. The first kappa shape index (κ1) is 36.2. The second kappa shape index (κ2) is 16.1. The van der Waals surface area contributed by atoms with E-state index in [1.54, 1.807) is 38.0 Å². The van der Waals surface area contributed by atoms with E-state index < -0.39 is 28.6 Å². The summed E-state index contributed by atoms with van der Waals surface area (Å²) in [5, 5.41) is 0.711. The summed E-state index contributed by atoms with van der Waals surface area (Å²) in [5.74, 6) is 0.211. The molecule has 2 bridgehead atoms. The molecule has 4 unspecified atom stereocenters. The summed E-state index contributed by atoms with van der Waals surface area (Å²) >= 11 is 6.42. The largest absolute Gasteiger partial charge is 0.491 e. The van der Waals surface area contributed by atoms with E-state index in [4.69, 9.17) is 30.5 Å². The smallest absolute Gasteiger partial charge is 0.410 e. The number of hydrogen-bond donors (Lipinski definition) is 1. The maximum Gasteiger partial charge on any atom is 0.410 e. The van der Waals surface area contributed by atoms with Crippen molar-refractivity contribution in [3.8, 4) is 5.75 Å². The minimum Gasteiger partial charge on any atom is -0.491 e. The number of halogens is 1. The number of hydrogen-bond acceptors (Lipinski definition) is 8. The van der Waals surface area contributed by atoms with E-state index in [9.17, 15) is 13.8 Å². The van der Waals surface area contributed by atoms with Gasteiger partial charge in [0.25, 0.3) is 5.91 Å². The lowest BCUT2D eigenvalue weighted by Crippen LogP contribution is -2.55. The van der Waals surface area contributed by atoms with Gasteiger partial charge in [0.15, 0.2) is 11.0 Å². The van der Waals surface area contributed by atoms with E-state index >= 15 is 0 Å². The number of fused-ring (bicyclic) bond motifs is 1. The molecule has 0 aliphatic carbocycles. The minimum absolute atomic E-state index is 0.0107. The second-order valence-corrected chi connectivity index (χ2v) is 14.8. The molecule has 3 heterocycles. The first-order valence-corrected chi connectivity index (χ1v) is 18.4. The highest BCUT2D eigenvalue weighted by Crippen LogP contribution is 2.38. The molecule has 2 amide bonds. The van der Waals surface area contributed by atoms with Crippen LogP contribution in [0.4, 0.5) is 10.5 Å². The maximum absolute atomic E-state index is 13.5. The zero-order valence-corrected chi connectivity index (χ0v) is 30.1. The summed E-state index contributed by atoms with van der Waals surface area (Å²) in [7, 11) is -0.179. The highest BCUT2D eigenvalue weighted by molar-refractivity contribution is 7.83. The van der Waals surface area contributed by atoms with Crippen molar-refractivity contribution in [3.63, 3.8) is 0 Å². The van der Waals surface area contributed by atoms with Crippen molar-refractivity contribution in [2.24, 2.45) is 5.92 Å². The van der Waals surface area contributed by atoms with Crippen LogP contribution in [-0.2, 0) is 36.4 Å². The summed E-state index contributed by atoms with van der Waals surface area (Å²) in [4.78, 5) is 30.7. The monoisotopic (exact) mass is 701 g/mol. The standard InChI is InChI=1S/C36H48ClN3O7S/c1-6-9-25-18-27(37)11-13-30(25)26-20-39-16-15-24(7-2)32(47-35(42)40-21-28(22-40)44-5)10-8-17-46-36(3,4)34(41)38-48(43)29-12-14-33(45-23-26)31(39)19-29/h8,10-14,18-19,24,26,28,32H,6-7,9,15-17,20-23H2,1-5H3,(H,38,41)/b10-8+. The number of methoxy groups -OCH3 is 1. The average Bonchev–Trinajstić information content (AvgIpc) is 3.21. The molecule has 48 heavy (non-hydrogen) atoms. The fraction of sp³-hybridized carbons (Fsp3) is 0.556. The zero-order valence-electron chi connectivity index (χ0n) is 28.5. The zero-order chi connectivity index (χ0) is 34.4. The number of nitrogens with zero attached hydrogens (tertiary/aromatic N) is 2. The molecule has 0 aromatic heterocycles. The SMILES string of the molecule is CCCc1cc(Cl)ccc1C1COc2ccc3cc2N(CCC(CC)C(OC(=O)N2CC(OC)C2)/C=C/COC(C)(C)C(=O)NS3=O)C1. The fourth-order valence-electron chi connectivity index (χ4n) is 6.37. The highest BCUT2D eigenvalue weighted by atomic mass is 35.5. The first-order valence-electron chi connectivity index (χ1n) is 16.8. The van der Waals surface area contributed by atoms with E-state index in [2.05, 4.69) is 29.5 Å². The summed E-state index contributed by atoms with van der Waals surface area (Å²) in [6, 6.07) is 11.5. The summed E-state index contributed by atoms with van der Waals surface area (Å²) in [5.41, 5.74) is 1.95. The lowest BCUT2D eigenvalue weighted by atomic mass is 9.91. The number of ether oxygens (including phenoxy) is 4. The summed E-state index contributed by atoms with van der Waals surface area (Å²) < 4.78 is 39.9. The van der Waals surface area contributed by atoms with Crippen LogP contribution in [0, 0.1) is 5.92 Å². The topological polar surface area (TPSA) is 107 Å². The van der Waals surface area contributed by atoms with Crippen molar-refractivity contribution in [1.29, 1.82) is 0 Å². The van der Waals surface area contributed by atoms with Crippen molar-refractivity contribution in [2.45, 2.75) is 82.0 Å². The molecule has 0 saturated carbocycles. The summed E-state index contributed by atoms with van der Waals surface area (Å²) in [6.45, 7) is 10.4. The van der Waals surface area contributed by atoms with Crippen molar-refractivity contribution in [3.05, 3.63) is 64.7 Å². The molecule has 1 saturated heterocycles. The molecular weight excluding hydrogens is 654 g/mol. The van der Waals surface area contributed by atoms with Gasteiger partial charge in [-0.2, -0.15) is 0 Å². The van der Waals surface area contributed by atoms with Crippen LogP contribution >= 0.6 is 11.6 Å². The third kappa shape index (κ3) is 8.53. The highest BCUT2D eigenvalue weighted by Gasteiger charge is 2.35. The Morgan fingerprint density at radius 3 is 2.67 bits per heavy atom. The van der Waals surface area contributed by atoms with Gasteiger partial charge in [0, 0.05) is 37.1 Å². The molecule has 12 heteroatoms. The number of rotatable bonds is 6. The van der Waals surface area contributed by atoms with E-state index in [0.717, 1.165) is 24.9 Å². The molecule has 3 aliphatic rings. The number of nitrogens with one attached hydrogen (secondary N) is 1. The fourth-order valence-corrected chi connectivity index (χ4v) is 7.50. The van der Waals surface area contributed by atoms with E-state index in [1.165, 1.54) is 11.1 Å². The quantitative estimate of drug-likeness (QED) is 0.364. The Morgan fingerprint density at radius 1 is 1.15 bits per heavy atom. The van der Waals surface area contributed by atoms with Gasteiger partial charge >= 0.3 is 6.09 Å². The van der Waals surface area contributed by atoms with E-state index in [-0.39, 0.29) is 30.6 Å². The normalized spacial score (nSPS) is 25.7. The number of carbonyl (C=O) groups excluding carboxylic acids is 2. The van der Waals surface area contributed by atoms with Crippen LogP contribution < -0.4 is 14.4 Å². The number of aryl methyl sites for hydroxylation is 1. The molecule has 2 aromatic rings. The van der Waals surface area contributed by atoms with Crippen LogP contribution in [0.15, 0.2) is 53.4 Å². The van der Waals surface area contributed by atoms with Gasteiger partial charge in [-0.1, -0.05) is 44.0 Å². The summed E-state index contributed by atoms with van der Waals surface area (Å²) in [6.07, 6.45) is 6.15. The van der Waals surface area contributed by atoms with Crippen molar-refractivity contribution < 1.29 is 32.7 Å². The van der Waals surface area contributed by atoms with Crippen LogP contribution in [0.25, 0.3) is 0 Å². The maximum atomic E-state index is 13.5. The van der Waals surface area contributed by atoms with E-state index in [1.807, 2.05) is 30.3 Å². The number of benzene rings is 2. The molecular formula is C36H48ClN3O7S. The Kier molecular flexibility index (Phi) is 12.1. The van der Waals surface area contributed by atoms with Crippen LogP contribution in [0.2, 0.25) is 5.02 Å². The van der Waals surface area contributed by atoms with Crippen molar-refractivity contribution in [1.82, 2.24) is 9.62 Å². The molecule has 4 atom stereocenters. The van der Waals surface area contributed by atoms with Crippen LogP contribution in [-0.4, -0.2) is 85.4 Å². The van der Waals surface area contributed by atoms with Crippen LogP contribution in [0.5, 0.6) is 5.75 Å². The second-order valence-electron chi connectivity index (χ2n) is 13.2. The van der Waals surface area contributed by atoms with Gasteiger partial charge < -0.3 is 28.7 Å². The Hall–Kier alpha value is -3.12. The predicted molar refractivity (Wildman–Crippen MR) is 187 cm³/mol. The van der Waals surface area contributed by atoms with Gasteiger partial charge in [0.1, 0.15) is 17.5 Å². The third-order valence-electron chi connectivity index (χ3n) is 9.46. The molecule has 1 N–H and O–H groups in total. The van der Waals surface area contributed by atoms with Gasteiger partial charge in [-0.3, -0.25) is 9.52 Å². The Labute approximate surface area is 291 Å². The van der Waals surface area contributed by atoms with Gasteiger partial charge in [-0.25, -0.2) is 9.00 Å². The van der Waals surface area contributed by atoms with E-state index in [0.29, 0.717) is 54.9 Å². The average molecular weight is 702 g/mol. The van der Waals surface area contributed by atoms with Gasteiger partial charge in [0.05, 0.1) is 43.0 Å². The molecule has 5 rings (SSSR count). The molecule has 0 spiro atoms. The number of carbonyl (C=O) groups is 2. The number of amides is 2. The van der Waals surface area contributed by atoms with Crippen molar-refractivity contribution in [2.75, 3.05) is 51.4 Å². The van der Waals surface area contributed by atoms with Crippen LogP contribution in [0.3, 0.4) is 0 Å². The third-order valence-corrected chi connectivity index (χ3v) is 10.8. The molecule has 2 aromatic carbocycles. The molecule has 0 radical (unpaired) electrons. The lowest BCUT2D eigenvalue weighted by molar-refractivity contribution is -0.139. The minimum atomic E-state index is -1.82. The van der Waals surface area contributed by atoms with Gasteiger partial charge in [-0.15, -0.1) is 0 Å².